The first-order chi connectivity index (χ1) is 7.13. The van der Waals surface area contributed by atoms with Gasteiger partial charge in [0.25, 0.3) is 0 Å². The van der Waals surface area contributed by atoms with Crippen LogP contribution >= 0.6 is 0 Å². The summed E-state index contributed by atoms with van der Waals surface area (Å²) in [6.07, 6.45) is 0.514. The van der Waals surface area contributed by atoms with Gasteiger partial charge in [0.2, 0.25) is 5.91 Å². The maximum Gasteiger partial charge on any atom is 0.225 e. The number of nitriles is 1. The Morgan fingerprint density at radius 1 is 1.47 bits per heavy atom. The van der Waals surface area contributed by atoms with Crippen molar-refractivity contribution in [1.82, 2.24) is 0 Å². The molecule has 0 spiro atoms. The smallest absolute Gasteiger partial charge is 0.225 e. The molecule has 0 aliphatic rings. The lowest BCUT2D eigenvalue weighted by atomic mass is 10.1. The maximum absolute atomic E-state index is 11.4. The van der Waals surface area contributed by atoms with Crippen LogP contribution in [-0.4, -0.2) is 5.91 Å². The molecule has 1 amide bonds. The Kier molecular flexibility index (Phi) is 3.87. The van der Waals surface area contributed by atoms with E-state index in [1.54, 1.807) is 0 Å². The zero-order chi connectivity index (χ0) is 11.3. The Morgan fingerprint density at radius 2 is 2.20 bits per heavy atom. The van der Waals surface area contributed by atoms with Crippen molar-refractivity contribution in [3.05, 3.63) is 29.3 Å². The van der Waals surface area contributed by atoms with Crippen LogP contribution in [0.5, 0.6) is 0 Å². The van der Waals surface area contributed by atoms with Crippen LogP contribution in [-0.2, 0) is 4.79 Å². The standard InChI is InChI=1S/C12H14N2O/c1-9-5-6-10(2)11(8-9)14-12(15)4-3-7-13/h5-6,8H,3-4H2,1-2H3,(H,14,15). The van der Waals surface area contributed by atoms with Crippen molar-refractivity contribution in [3.8, 4) is 6.07 Å². The minimum absolute atomic E-state index is 0.106. The topological polar surface area (TPSA) is 52.9 Å². The first-order valence-corrected chi connectivity index (χ1v) is 4.87. The van der Waals surface area contributed by atoms with Crippen molar-refractivity contribution in [3.63, 3.8) is 0 Å². The number of nitrogens with one attached hydrogen (secondary N) is 1. The van der Waals surface area contributed by atoms with Crippen LogP contribution in [0, 0.1) is 25.2 Å². The summed E-state index contributed by atoms with van der Waals surface area (Å²) in [5.41, 5.74) is 2.97. The number of benzene rings is 1. The first kappa shape index (κ1) is 11.3. The highest BCUT2D eigenvalue weighted by Gasteiger charge is 2.04. The lowest BCUT2D eigenvalue weighted by molar-refractivity contribution is -0.116. The largest absolute Gasteiger partial charge is 0.326 e. The van der Waals surface area contributed by atoms with Gasteiger partial charge in [-0.15, -0.1) is 0 Å². The predicted octanol–water partition coefficient (Wildman–Crippen LogP) is 2.55. The van der Waals surface area contributed by atoms with E-state index in [4.69, 9.17) is 5.26 Å². The zero-order valence-corrected chi connectivity index (χ0v) is 9.00. The lowest BCUT2D eigenvalue weighted by Gasteiger charge is -2.08. The third kappa shape index (κ3) is 3.43. The fourth-order valence-electron chi connectivity index (χ4n) is 1.25. The summed E-state index contributed by atoms with van der Waals surface area (Å²) in [5.74, 6) is -0.106. The molecule has 3 heteroatoms. The summed E-state index contributed by atoms with van der Waals surface area (Å²) in [6.45, 7) is 3.92. The summed E-state index contributed by atoms with van der Waals surface area (Å²) >= 11 is 0. The van der Waals surface area contributed by atoms with E-state index in [0.717, 1.165) is 16.8 Å². The van der Waals surface area contributed by atoms with Gasteiger partial charge in [-0.05, 0) is 31.0 Å². The molecule has 0 heterocycles. The summed E-state index contributed by atoms with van der Waals surface area (Å²) in [5, 5.41) is 11.1. The predicted molar refractivity (Wildman–Crippen MR) is 59.4 cm³/mol. The van der Waals surface area contributed by atoms with Gasteiger partial charge < -0.3 is 5.32 Å². The molecule has 0 unspecified atom stereocenters. The normalized spacial score (nSPS) is 9.40. The van der Waals surface area contributed by atoms with Crippen LogP contribution in [0.1, 0.15) is 24.0 Å². The van der Waals surface area contributed by atoms with E-state index in [-0.39, 0.29) is 18.7 Å². The molecule has 0 radical (unpaired) electrons. The van der Waals surface area contributed by atoms with Gasteiger partial charge in [-0.3, -0.25) is 4.79 Å². The second-order valence-corrected chi connectivity index (χ2v) is 3.52. The number of amides is 1. The van der Waals surface area contributed by atoms with E-state index in [2.05, 4.69) is 5.32 Å². The SMILES string of the molecule is Cc1ccc(C)c(NC(=O)CCC#N)c1. The Bertz CT molecular complexity index is 405. The Labute approximate surface area is 89.7 Å². The molecule has 1 aromatic carbocycles. The average molecular weight is 202 g/mol. The van der Waals surface area contributed by atoms with Crippen molar-refractivity contribution < 1.29 is 4.79 Å². The number of rotatable bonds is 3. The molecule has 15 heavy (non-hydrogen) atoms. The van der Waals surface area contributed by atoms with Gasteiger partial charge in [0, 0.05) is 18.5 Å². The molecular weight excluding hydrogens is 188 g/mol. The van der Waals surface area contributed by atoms with E-state index in [0.29, 0.717) is 0 Å². The highest BCUT2D eigenvalue weighted by molar-refractivity contribution is 5.91. The highest BCUT2D eigenvalue weighted by atomic mass is 16.1. The van der Waals surface area contributed by atoms with Crippen molar-refractivity contribution >= 4 is 11.6 Å². The lowest BCUT2D eigenvalue weighted by Crippen LogP contribution is -2.11. The van der Waals surface area contributed by atoms with Crippen molar-refractivity contribution in [2.75, 3.05) is 5.32 Å². The minimum Gasteiger partial charge on any atom is -0.326 e. The third-order valence-electron chi connectivity index (χ3n) is 2.13. The first-order valence-electron chi connectivity index (χ1n) is 4.87. The van der Waals surface area contributed by atoms with Gasteiger partial charge in [0.05, 0.1) is 6.07 Å². The summed E-state index contributed by atoms with van der Waals surface area (Å²) < 4.78 is 0. The van der Waals surface area contributed by atoms with Crippen LogP contribution in [0.15, 0.2) is 18.2 Å². The molecule has 0 aliphatic carbocycles. The molecule has 78 valence electrons. The van der Waals surface area contributed by atoms with Crippen LogP contribution in [0.4, 0.5) is 5.69 Å². The Morgan fingerprint density at radius 3 is 2.87 bits per heavy atom. The minimum atomic E-state index is -0.106. The Hall–Kier alpha value is -1.82. The number of hydrogen-bond acceptors (Lipinski definition) is 2. The molecule has 0 aromatic heterocycles. The van der Waals surface area contributed by atoms with E-state index in [1.165, 1.54) is 0 Å². The monoisotopic (exact) mass is 202 g/mol. The van der Waals surface area contributed by atoms with Gasteiger partial charge in [-0.1, -0.05) is 12.1 Å². The molecule has 0 saturated carbocycles. The summed E-state index contributed by atoms with van der Waals surface area (Å²) in [6, 6.07) is 7.85. The number of aryl methyl sites for hydroxylation is 2. The molecule has 1 aromatic rings. The molecule has 0 bridgehead atoms. The van der Waals surface area contributed by atoms with Crippen molar-refractivity contribution in [2.45, 2.75) is 26.7 Å². The number of carbonyl (C=O) groups excluding carboxylic acids is 1. The molecule has 3 nitrogen and oxygen atoms in total. The summed E-state index contributed by atoms with van der Waals surface area (Å²) in [4.78, 5) is 11.4. The Balaban J connectivity index is 2.68. The molecule has 0 aliphatic heterocycles. The molecule has 1 N–H and O–H groups in total. The van der Waals surface area contributed by atoms with Gasteiger partial charge in [0.1, 0.15) is 0 Å². The van der Waals surface area contributed by atoms with Crippen molar-refractivity contribution in [1.29, 1.82) is 5.26 Å². The third-order valence-corrected chi connectivity index (χ3v) is 2.13. The molecule has 1 rings (SSSR count). The van der Waals surface area contributed by atoms with Gasteiger partial charge in [0.15, 0.2) is 0 Å². The van der Waals surface area contributed by atoms with Crippen LogP contribution in [0.3, 0.4) is 0 Å². The van der Waals surface area contributed by atoms with Crippen LogP contribution < -0.4 is 5.32 Å². The molecule has 0 saturated heterocycles. The number of carbonyl (C=O) groups is 1. The number of anilines is 1. The van der Waals surface area contributed by atoms with E-state index in [1.807, 2.05) is 38.1 Å². The maximum atomic E-state index is 11.4. The van der Waals surface area contributed by atoms with Crippen LogP contribution in [0.25, 0.3) is 0 Å². The van der Waals surface area contributed by atoms with E-state index < -0.39 is 0 Å². The summed E-state index contributed by atoms with van der Waals surface area (Å²) in [7, 11) is 0. The number of nitrogens with zero attached hydrogens (tertiary/aromatic N) is 1. The average Bonchev–Trinajstić information content (AvgIpc) is 2.20. The van der Waals surface area contributed by atoms with Crippen molar-refractivity contribution in [2.24, 2.45) is 0 Å². The molecule has 0 atom stereocenters. The number of hydrogen-bond donors (Lipinski definition) is 1. The van der Waals surface area contributed by atoms with Crippen LogP contribution in [0.2, 0.25) is 0 Å². The molecule has 0 fully saturated rings. The highest BCUT2D eigenvalue weighted by Crippen LogP contribution is 2.16. The van der Waals surface area contributed by atoms with Gasteiger partial charge in [-0.25, -0.2) is 0 Å². The zero-order valence-electron chi connectivity index (χ0n) is 9.00. The second kappa shape index (κ2) is 5.16. The van der Waals surface area contributed by atoms with Gasteiger partial charge in [-0.2, -0.15) is 5.26 Å². The fraction of sp³-hybridized carbons (Fsp3) is 0.333. The van der Waals surface area contributed by atoms with Gasteiger partial charge >= 0.3 is 0 Å². The fourth-order valence-corrected chi connectivity index (χ4v) is 1.25. The quantitative estimate of drug-likeness (QED) is 0.818. The van der Waals surface area contributed by atoms with E-state index in [9.17, 15) is 4.79 Å². The second-order valence-electron chi connectivity index (χ2n) is 3.52. The molecular formula is C12H14N2O. The van der Waals surface area contributed by atoms with E-state index >= 15 is 0 Å².